The normalized spacial score (nSPS) is 25.8. The summed E-state index contributed by atoms with van der Waals surface area (Å²) >= 11 is 0. The van der Waals surface area contributed by atoms with E-state index in [-0.39, 0.29) is 5.91 Å². The molecule has 6 nitrogen and oxygen atoms in total. The summed E-state index contributed by atoms with van der Waals surface area (Å²) in [4.78, 5) is 14.3. The van der Waals surface area contributed by atoms with E-state index in [0.717, 1.165) is 24.9 Å². The quantitative estimate of drug-likeness (QED) is 0.822. The molecule has 0 radical (unpaired) electrons. The van der Waals surface area contributed by atoms with Crippen molar-refractivity contribution in [3.63, 3.8) is 0 Å². The van der Waals surface area contributed by atoms with Crippen molar-refractivity contribution in [2.24, 2.45) is 5.41 Å². The number of piperidine rings is 1. The molecule has 0 bridgehead atoms. The van der Waals surface area contributed by atoms with Gasteiger partial charge in [-0.05, 0) is 24.8 Å². The summed E-state index contributed by atoms with van der Waals surface area (Å²) in [6, 6.07) is 9.54. The molecule has 0 aromatic heterocycles. The third-order valence-electron chi connectivity index (χ3n) is 5.24. The highest BCUT2D eigenvalue weighted by Crippen LogP contribution is 2.40. The number of hydrogen-bond acceptors (Lipinski definition) is 3. The molecule has 0 unspecified atom stereocenters. The van der Waals surface area contributed by atoms with Gasteiger partial charge < -0.3 is 4.90 Å². The lowest BCUT2D eigenvalue weighted by molar-refractivity contribution is -0.143. The molecular formula is C17H25N3O3S. The maximum atomic E-state index is 12.9. The standard InChI is InChI=1S/C17H25N3O3S/c1-18-11-6-9-17(16(18)21)10-12-20(14-17)24(22,23)19(2)13-15-7-4-3-5-8-15/h3-5,7-8H,6,9-14H2,1-2H3/t17-/m0/s1. The summed E-state index contributed by atoms with van der Waals surface area (Å²) in [5, 5.41) is 0. The molecule has 2 fully saturated rings. The van der Waals surface area contributed by atoms with Crippen LogP contribution in [0.3, 0.4) is 0 Å². The molecular weight excluding hydrogens is 326 g/mol. The molecule has 1 aromatic carbocycles. The van der Waals surface area contributed by atoms with Gasteiger partial charge in [0.2, 0.25) is 5.91 Å². The lowest BCUT2D eigenvalue weighted by Gasteiger charge is -2.37. The minimum atomic E-state index is -3.56. The van der Waals surface area contributed by atoms with Crippen molar-refractivity contribution in [1.29, 1.82) is 0 Å². The molecule has 1 aromatic rings. The second-order valence-electron chi connectivity index (χ2n) is 6.94. The molecule has 1 amide bonds. The van der Waals surface area contributed by atoms with Gasteiger partial charge in [0.1, 0.15) is 0 Å². The first-order valence-corrected chi connectivity index (χ1v) is 9.76. The minimum Gasteiger partial charge on any atom is -0.345 e. The van der Waals surface area contributed by atoms with Gasteiger partial charge >= 0.3 is 0 Å². The summed E-state index contributed by atoms with van der Waals surface area (Å²) in [5.74, 6) is 0.0946. The summed E-state index contributed by atoms with van der Waals surface area (Å²) < 4.78 is 28.6. The van der Waals surface area contributed by atoms with Crippen LogP contribution in [-0.2, 0) is 21.5 Å². The van der Waals surface area contributed by atoms with E-state index in [0.29, 0.717) is 26.1 Å². The van der Waals surface area contributed by atoms with E-state index in [1.165, 1.54) is 8.61 Å². The number of carbonyl (C=O) groups excluding carboxylic acids is 1. The highest BCUT2D eigenvalue weighted by Gasteiger charge is 2.50. The topological polar surface area (TPSA) is 60.9 Å². The lowest BCUT2D eigenvalue weighted by Crippen LogP contribution is -2.49. The summed E-state index contributed by atoms with van der Waals surface area (Å²) in [6.45, 7) is 1.82. The molecule has 1 atom stereocenters. The Labute approximate surface area is 144 Å². The Balaban J connectivity index is 1.73. The number of benzene rings is 1. The number of hydrogen-bond donors (Lipinski definition) is 0. The zero-order valence-electron chi connectivity index (χ0n) is 14.3. The van der Waals surface area contributed by atoms with E-state index in [4.69, 9.17) is 0 Å². The van der Waals surface area contributed by atoms with Crippen LogP contribution in [0.15, 0.2) is 30.3 Å². The number of likely N-dealkylation sites (tertiary alicyclic amines) is 1. The van der Waals surface area contributed by atoms with Crippen LogP contribution in [0.2, 0.25) is 0 Å². The zero-order chi connectivity index (χ0) is 17.4. The fourth-order valence-electron chi connectivity index (χ4n) is 3.80. The van der Waals surface area contributed by atoms with Crippen LogP contribution in [0.1, 0.15) is 24.8 Å². The second-order valence-corrected chi connectivity index (χ2v) is 8.98. The lowest BCUT2D eigenvalue weighted by atomic mass is 9.78. The number of nitrogens with zero attached hydrogens (tertiary/aromatic N) is 3. The van der Waals surface area contributed by atoms with Crippen LogP contribution >= 0.6 is 0 Å². The van der Waals surface area contributed by atoms with Gasteiger partial charge in [-0.25, -0.2) is 0 Å². The van der Waals surface area contributed by atoms with E-state index >= 15 is 0 Å². The van der Waals surface area contributed by atoms with Crippen LogP contribution in [-0.4, -0.2) is 61.6 Å². The molecule has 132 valence electrons. The minimum absolute atomic E-state index is 0.0946. The molecule has 3 rings (SSSR count). The van der Waals surface area contributed by atoms with E-state index in [2.05, 4.69) is 0 Å². The molecule has 2 aliphatic rings. The molecule has 0 saturated carbocycles. The first-order chi connectivity index (χ1) is 11.3. The SMILES string of the molecule is CN1CCC[C@@]2(CCN(S(=O)(=O)N(C)Cc3ccccc3)C2)C1=O. The van der Waals surface area contributed by atoms with Crippen molar-refractivity contribution in [2.75, 3.05) is 33.7 Å². The van der Waals surface area contributed by atoms with Crippen molar-refractivity contribution in [3.05, 3.63) is 35.9 Å². The van der Waals surface area contributed by atoms with Crippen molar-refractivity contribution in [3.8, 4) is 0 Å². The average molecular weight is 351 g/mol. The molecule has 24 heavy (non-hydrogen) atoms. The molecule has 2 saturated heterocycles. The van der Waals surface area contributed by atoms with Gasteiger partial charge in [0.25, 0.3) is 10.2 Å². The van der Waals surface area contributed by atoms with Gasteiger partial charge in [-0.3, -0.25) is 4.79 Å². The smallest absolute Gasteiger partial charge is 0.282 e. The van der Waals surface area contributed by atoms with Gasteiger partial charge in [-0.1, -0.05) is 30.3 Å². The van der Waals surface area contributed by atoms with Crippen LogP contribution in [0.25, 0.3) is 0 Å². The van der Waals surface area contributed by atoms with E-state index in [9.17, 15) is 13.2 Å². The predicted octanol–water partition coefficient (Wildman–Crippen LogP) is 1.31. The Morgan fingerprint density at radius 2 is 1.88 bits per heavy atom. The molecule has 0 N–H and O–H groups in total. The van der Waals surface area contributed by atoms with Crippen LogP contribution in [0, 0.1) is 5.41 Å². The maximum absolute atomic E-state index is 12.9. The van der Waals surface area contributed by atoms with Crippen LogP contribution in [0.4, 0.5) is 0 Å². The summed E-state index contributed by atoms with van der Waals surface area (Å²) in [6.07, 6.45) is 2.34. The average Bonchev–Trinajstić information content (AvgIpc) is 2.99. The molecule has 0 aliphatic carbocycles. The number of amides is 1. The Hall–Kier alpha value is -1.44. The number of rotatable bonds is 4. The van der Waals surface area contributed by atoms with Gasteiger partial charge in [-0.15, -0.1) is 0 Å². The summed E-state index contributed by atoms with van der Waals surface area (Å²) in [7, 11) is -0.150. The van der Waals surface area contributed by atoms with Gasteiger partial charge in [0, 0.05) is 40.3 Å². The van der Waals surface area contributed by atoms with E-state index < -0.39 is 15.6 Å². The highest BCUT2D eigenvalue weighted by molar-refractivity contribution is 7.86. The fourth-order valence-corrected chi connectivity index (χ4v) is 5.24. The summed E-state index contributed by atoms with van der Waals surface area (Å²) in [5.41, 5.74) is 0.430. The first-order valence-electron chi connectivity index (χ1n) is 8.36. The van der Waals surface area contributed by atoms with Gasteiger partial charge in [0.15, 0.2) is 0 Å². The van der Waals surface area contributed by atoms with E-state index in [1.54, 1.807) is 11.9 Å². The zero-order valence-corrected chi connectivity index (χ0v) is 15.1. The Morgan fingerprint density at radius 3 is 2.58 bits per heavy atom. The van der Waals surface area contributed by atoms with Crippen molar-refractivity contribution in [2.45, 2.75) is 25.8 Å². The number of carbonyl (C=O) groups is 1. The Morgan fingerprint density at radius 1 is 1.17 bits per heavy atom. The van der Waals surface area contributed by atoms with Crippen molar-refractivity contribution >= 4 is 16.1 Å². The van der Waals surface area contributed by atoms with Gasteiger partial charge in [0.05, 0.1) is 5.41 Å². The third kappa shape index (κ3) is 3.08. The molecule has 2 heterocycles. The maximum Gasteiger partial charge on any atom is 0.282 e. The molecule has 7 heteroatoms. The second kappa shape index (κ2) is 6.46. The predicted molar refractivity (Wildman–Crippen MR) is 92.3 cm³/mol. The molecule has 2 aliphatic heterocycles. The van der Waals surface area contributed by atoms with Crippen molar-refractivity contribution < 1.29 is 13.2 Å². The third-order valence-corrected chi connectivity index (χ3v) is 7.12. The molecule has 1 spiro atoms. The van der Waals surface area contributed by atoms with E-state index in [1.807, 2.05) is 37.4 Å². The Bertz CT molecular complexity index is 707. The fraction of sp³-hybridized carbons (Fsp3) is 0.588. The first kappa shape index (κ1) is 17.4. The highest BCUT2D eigenvalue weighted by atomic mass is 32.2. The van der Waals surface area contributed by atoms with Gasteiger partial charge in [-0.2, -0.15) is 17.0 Å². The van der Waals surface area contributed by atoms with Crippen LogP contribution < -0.4 is 0 Å². The van der Waals surface area contributed by atoms with Crippen molar-refractivity contribution in [1.82, 2.24) is 13.5 Å². The Kier molecular flexibility index (Phi) is 4.68. The largest absolute Gasteiger partial charge is 0.345 e. The van der Waals surface area contributed by atoms with Crippen LogP contribution in [0.5, 0.6) is 0 Å². The monoisotopic (exact) mass is 351 g/mol.